The van der Waals surface area contributed by atoms with Gasteiger partial charge in [-0.15, -0.1) is 0 Å². The molecule has 0 saturated carbocycles. The quantitative estimate of drug-likeness (QED) is 0.701. The van der Waals surface area contributed by atoms with Crippen LogP contribution in [0.4, 0.5) is 4.39 Å². The van der Waals surface area contributed by atoms with Crippen LogP contribution in [0, 0.1) is 5.82 Å². The van der Waals surface area contributed by atoms with Crippen molar-refractivity contribution in [1.29, 1.82) is 0 Å². The number of hydrogen-bond donors (Lipinski definition) is 1. The number of piperazine rings is 1. The second kappa shape index (κ2) is 8.30. The van der Waals surface area contributed by atoms with E-state index in [0.29, 0.717) is 6.07 Å². The summed E-state index contributed by atoms with van der Waals surface area (Å²) >= 11 is 5.65. The number of halogens is 2. The van der Waals surface area contributed by atoms with Gasteiger partial charge in [-0.1, -0.05) is 11.6 Å². The number of carbonyl (C=O) groups is 2. The Bertz CT molecular complexity index is 809. The number of hydrogen-bond acceptors (Lipinski definition) is 6. The summed E-state index contributed by atoms with van der Waals surface area (Å²) in [5, 5.41) is 8.67. The SMILES string of the molecule is CCOC(=O)CN1CCN(S(=O)(=O)c2cc(C(=O)O)c(Cl)cc2F)CC1. The van der Waals surface area contributed by atoms with Gasteiger partial charge >= 0.3 is 11.9 Å². The number of ether oxygens (including phenoxy) is 1. The van der Waals surface area contributed by atoms with Gasteiger partial charge in [0, 0.05) is 26.2 Å². The van der Waals surface area contributed by atoms with Crippen molar-refractivity contribution in [1.82, 2.24) is 9.21 Å². The van der Waals surface area contributed by atoms with Crippen LogP contribution in [0.1, 0.15) is 17.3 Å². The van der Waals surface area contributed by atoms with Gasteiger partial charge in [-0.25, -0.2) is 17.6 Å². The van der Waals surface area contributed by atoms with Crippen LogP contribution in [0.2, 0.25) is 5.02 Å². The van der Waals surface area contributed by atoms with Crippen LogP contribution in [0.5, 0.6) is 0 Å². The first-order chi connectivity index (χ1) is 12.2. The number of carbonyl (C=O) groups excluding carboxylic acids is 1. The summed E-state index contributed by atoms with van der Waals surface area (Å²) in [6.45, 7) is 2.58. The van der Waals surface area contributed by atoms with Gasteiger partial charge in [0.2, 0.25) is 10.0 Å². The molecule has 0 bridgehead atoms. The van der Waals surface area contributed by atoms with Crippen molar-refractivity contribution in [2.75, 3.05) is 39.3 Å². The van der Waals surface area contributed by atoms with Gasteiger partial charge in [-0.3, -0.25) is 9.69 Å². The van der Waals surface area contributed by atoms with Crippen LogP contribution in [-0.2, 0) is 19.6 Å². The molecule has 0 aliphatic carbocycles. The van der Waals surface area contributed by atoms with E-state index in [0.717, 1.165) is 10.4 Å². The lowest BCUT2D eigenvalue weighted by molar-refractivity contribution is -0.144. The molecule has 1 N–H and O–H groups in total. The summed E-state index contributed by atoms with van der Waals surface area (Å²) in [6, 6.07) is 1.40. The van der Waals surface area contributed by atoms with Gasteiger partial charge in [0.25, 0.3) is 0 Å². The van der Waals surface area contributed by atoms with Crippen molar-refractivity contribution in [2.45, 2.75) is 11.8 Å². The zero-order valence-electron chi connectivity index (χ0n) is 13.9. The summed E-state index contributed by atoms with van der Waals surface area (Å²) in [6.07, 6.45) is 0. The van der Waals surface area contributed by atoms with Crippen LogP contribution >= 0.6 is 11.6 Å². The van der Waals surface area contributed by atoms with Crippen molar-refractivity contribution in [3.8, 4) is 0 Å². The maximum absolute atomic E-state index is 14.1. The molecule has 8 nitrogen and oxygen atoms in total. The Kier molecular flexibility index (Phi) is 6.56. The lowest BCUT2D eigenvalue weighted by atomic mass is 10.2. The maximum Gasteiger partial charge on any atom is 0.337 e. The Morgan fingerprint density at radius 1 is 1.27 bits per heavy atom. The third-order valence-corrected chi connectivity index (χ3v) is 6.09. The van der Waals surface area contributed by atoms with E-state index in [-0.39, 0.29) is 44.4 Å². The number of sulfonamides is 1. The summed E-state index contributed by atoms with van der Waals surface area (Å²) in [5.41, 5.74) is -0.493. The molecule has 0 aromatic heterocycles. The molecular weight excluding hydrogens is 391 g/mol. The molecule has 1 aliphatic rings. The molecule has 2 rings (SSSR count). The monoisotopic (exact) mass is 408 g/mol. The molecule has 144 valence electrons. The van der Waals surface area contributed by atoms with Crippen LogP contribution in [0.15, 0.2) is 17.0 Å². The minimum atomic E-state index is -4.23. The Morgan fingerprint density at radius 3 is 2.42 bits per heavy atom. The summed E-state index contributed by atoms with van der Waals surface area (Å²) < 4.78 is 45.3. The minimum absolute atomic E-state index is 0.0339. The van der Waals surface area contributed by atoms with E-state index in [2.05, 4.69) is 0 Å². The fourth-order valence-electron chi connectivity index (χ4n) is 2.55. The zero-order valence-corrected chi connectivity index (χ0v) is 15.5. The molecule has 0 amide bonds. The first-order valence-electron chi connectivity index (χ1n) is 7.77. The Balaban J connectivity index is 2.16. The molecule has 26 heavy (non-hydrogen) atoms. The van der Waals surface area contributed by atoms with Gasteiger partial charge in [0.05, 0.1) is 23.7 Å². The highest BCUT2D eigenvalue weighted by Crippen LogP contribution is 2.27. The lowest BCUT2D eigenvalue weighted by Crippen LogP contribution is -2.50. The average Bonchev–Trinajstić information content (AvgIpc) is 2.55. The first-order valence-corrected chi connectivity index (χ1v) is 9.59. The molecule has 1 fully saturated rings. The van der Waals surface area contributed by atoms with Gasteiger partial charge in [-0.05, 0) is 19.1 Å². The normalized spacial score (nSPS) is 16.4. The van der Waals surface area contributed by atoms with E-state index >= 15 is 0 Å². The van der Waals surface area contributed by atoms with Crippen LogP contribution in [-0.4, -0.2) is 74.0 Å². The van der Waals surface area contributed by atoms with E-state index < -0.39 is 38.2 Å². The summed E-state index contributed by atoms with van der Waals surface area (Å²) in [7, 11) is -4.23. The van der Waals surface area contributed by atoms with Crippen molar-refractivity contribution < 1.29 is 32.2 Å². The molecule has 0 atom stereocenters. The molecule has 1 aromatic carbocycles. The zero-order chi connectivity index (χ0) is 19.5. The third-order valence-electron chi connectivity index (χ3n) is 3.86. The van der Waals surface area contributed by atoms with Gasteiger partial charge in [0.15, 0.2) is 0 Å². The molecule has 1 heterocycles. The highest BCUT2D eigenvalue weighted by atomic mass is 35.5. The topological polar surface area (TPSA) is 104 Å². The number of carboxylic acids is 1. The van der Waals surface area contributed by atoms with E-state index in [1.165, 1.54) is 0 Å². The van der Waals surface area contributed by atoms with Crippen molar-refractivity contribution in [3.05, 3.63) is 28.5 Å². The number of benzene rings is 1. The highest BCUT2D eigenvalue weighted by molar-refractivity contribution is 7.89. The molecule has 0 unspecified atom stereocenters. The van der Waals surface area contributed by atoms with E-state index in [1.54, 1.807) is 11.8 Å². The van der Waals surface area contributed by atoms with E-state index in [9.17, 15) is 22.4 Å². The van der Waals surface area contributed by atoms with Crippen LogP contribution < -0.4 is 0 Å². The Hall–Kier alpha value is -1.75. The summed E-state index contributed by atoms with van der Waals surface area (Å²) in [5.74, 6) is -2.97. The van der Waals surface area contributed by atoms with Crippen molar-refractivity contribution in [2.24, 2.45) is 0 Å². The second-order valence-electron chi connectivity index (χ2n) is 5.55. The van der Waals surface area contributed by atoms with E-state index in [4.69, 9.17) is 21.4 Å². The third kappa shape index (κ3) is 4.50. The maximum atomic E-state index is 14.1. The largest absolute Gasteiger partial charge is 0.478 e. The molecule has 1 aliphatic heterocycles. The van der Waals surface area contributed by atoms with Crippen LogP contribution in [0.3, 0.4) is 0 Å². The van der Waals surface area contributed by atoms with E-state index in [1.807, 2.05) is 0 Å². The van der Waals surface area contributed by atoms with Gasteiger partial charge in [-0.2, -0.15) is 4.31 Å². The Labute approximate surface area is 155 Å². The predicted octanol–water partition coefficient (Wildman–Crippen LogP) is 1.05. The van der Waals surface area contributed by atoms with Crippen LogP contribution in [0.25, 0.3) is 0 Å². The summed E-state index contributed by atoms with van der Waals surface area (Å²) in [4.78, 5) is 23.6. The number of rotatable bonds is 6. The standard InChI is InChI=1S/C15H18ClFN2O6S/c1-2-25-14(20)9-18-3-5-19(6-4-18)26(23,24)13-7-10(15(21)22)11(16)8-12(13)17/h7-8H,2-6,9H2,1H3,(H,21,22). The van der Waals surface area contributed by atoms with Crippen molar-refractivity contribution >= 4 is 33.6 Å². The fraction of sp³-hybridized carbons (Fsp3) is 0.467. The highest BCUT2D eigenvalue weighted by Gasteiger charge is 2.32. The molecule has 0 radical (unpaired) electrons. The fourth-order valence-corrected chi connectivity index (χ4v) is 4.27. The van der Waals surface area contributed by atoms with Gasteiger partial charge in [0.1, 0.15) is 10.7 Å². The minimum Gasteiger partial charge on any atom is -0.478 e. The number of carboxylic acid groups (broad SMARTS) is 1. The number of esters is 1. The number of aromatic carboxylic acids is 1. The number of nitrogens with zero attached hydrogens (tertiary/aromatic N) is 2. The van der Waals surface area contributed by atoms with Crippen molar-refractivity contribution in [3.63, 3.8) is 0 Å². The molecule has 1 saturated heterocycles. The Morgan fingerprint density at radius 2 is 1.88 bits per heavy atom. The molecule has 1 aromatic rings. The van der Waals surface area contributed by atoms with Gasteiger partial charge < -0.3 is 9.84 Å². The molecule has 11 heteroatoms. The smallest absolute Gasteiger partial charge is 0.337 e. The molecule has 0 spiro atoms. The lowest BCUT2D eigenvalue weighted by Gasteiger charge is -2.33. The first kappa shape index (κ1) is 20.6. The molecular formula is C15H18ClFN2O6S. The second-order valence-corrected chi connectivity index (χ2v) is 7.87. The average molecular weight is 409 g/mol. The predicted molar refractivity (Wildman–Crippen MR) is 90.2 cm³/mol.